The monoisotopic (exact) mass is 271 g/mol. The number of amides is 1. The van der Waals surface area contributed by atoms with E-state index in [1.54, 1.807) is 4.90 Å². The lowest BCUT2D eigenvalue weighted by Gasteiger charge is -2.21. The van der Waals surface area contributed by atoms with Crippen LogP contribution in [0.2, 0.25) is 0 Å². The first-order chi connectivity index (χ1) is 8.04. The molecule has 0 N–H and O–H groups in total. The second kappa shape index (κ2) is 4.87. The standard InChI is InChI=1S/C13H15Cl2NO/c1-2-16(9-10-6-4-3-5-7-10)12(17)11-8-13(11,14)15/h3-7,11H,2,8-9H2,1H3. The lowest BCUT2D eigenvalue weighted by Crippen LogP contribution is -2.32. The van der Waals surface area contributed by atoms with E-state index in [1.807, 2.05) is 37.3 Å². The molecule has 1 fully saturated rings. The van der Waals surface area contributed by atoms with Gasteiger partial charge in [-0.15, -0.1) is 23.2 Å². The molecule has 4 heteroatoms. The number of alkyl halides is 2. The van der Waals surface area contributed by atoms with Crippen LogP contribution >= 0.6 is 23.2 Å². The van der Waals surface area contributed by atoms with Gasteiger partial charge in [0, 0.05) is 13.1 Å². The second-order valence-corrected chi connectivity index (χ2v) is 5.90. The first-order valence-electron chi connectivity index (χ1n) is 5.75. The summed E-state index contributed by atoms with van der Waals surface area (Å²) in [6.45, 7) is 3.26. The molecule has 92 valence electrons. The van der Waals surface area contributed by atoms with Crippen molar-refractivity contribution in [3.8, 4) is 0 Å². The summed E-state index contributed by atoms with van der Waals surface area (Å²) < 4.78 is -0.832. The maximum absolute atomic E-state index is 12.1. The molecule has 0 aromatic heterocycles. The van der Waals surface area contributed by atoms with E-state index < -0.39 is 4.33 Å². The Hall–Kier alpha value is -0.730. The number of benzene rings is 1. The number of halogens is 2. The highest BCUT2D eigenvalue weighted by Gasteiger charge is 2.57. The maximum Gasteiger partial charge on any atom is 0.229 e. The number of hydrogen-bond donors (Lipinski definition) is 0. The smallest absolute Gasteiger partial charge is 0.229 e. The Morgan fingerprint density at radius 3 is 2.47 bits per heavy atom. The molecule has 0 radical (unpaired) electrons. The number of carbonyl (C=O) groups excluding carboxylic acids is 1. The molecule has 1 aliphatic carbocycles. The maximum atomic E-state index is 12.1. The van der Waals surface area contributed by atoms with Crippen molar-refractivity contribution in [1.29, 1.82) is 0 Å². The molecule has 1 atom stereocenters. The highest BCUT2D eigenvalue weighted by atomic mass is 35.5. The van der Waals surface area contributed by atoms with Gasteiger partial charge in [0.25, 0.3) is 0 Å². The van der Waals surface area contributed by atoms with Gasteiger partial charge in [-0.1, -0.05) is 30.3 Å². The van der Waals surface area contributed by atoms with E-state index in [0.717, 1.165) is 5.56 Å². The van der Waals surface area contributed by atoms with Gasteiger partial charge in [0.1, 0.15) is 4.33 Å². The quantitative estimate of drug-likeness (QED) is 0.770. The normalized spacial score (nSPS) is 21.0. The van der Waals surface area contributed by atoms with Gasteiger partial charge in [0.05, 0.1) is 5.92 Å². The zero-order valence-corrected chi connectivity index (χ0v) is 11.2. The summed E-state index contributed by atoms with van der Waals surface area (Å²) in [6, 6.07) is 9.93. The van der Waals surface area contributed by atoms with E-state index in [1.165, 1.54) is 0 Å². The van der Waals surface area contributed by atoms with Crippen molar-refractivity contribution in [3.63, 3.8) is 0 Å². The Labute approximate surface area is 112 Å². The van der Waals surface area contributed by atoms with Gasteiger partial charge in [0.15, 0.2) is 0 Å². The second-order valence-electron chi connectivity index (χ2n) is 4.36. The van der Waals surface area contributed by atoms with Gasteiger partial charge < -0.3 is 4.90 Å². The molecule has 0 spiro atoms. The number of nitrogens with zero attached hydrogens (tertiary/aromatic N) is 1. The molecule has 1 aliphatic rings. The SMILES string of the molecule is CCN(Cc1ccccc1)C(=O)C1CC1(Cl)Cl. The van der Waals surface area contributed by atoms with Crippen LogP contribution in [0.25, 0.3) is 0 Å². The summed E-state index contributed by atoms with van der Waals surface area (Å²) in [5.41, 5.74) is 1.12. The molecular weight excluding hydrogens is 257 g/mol. The summed E-state index contributed by atoms with van der Waals surface area (Å²) in [7, 11) is 0. The van der Waals surface area contributed by atoms with Gasteiger partial charge in [-0.05, 0) is 18.9 Å². The van der Waals surface area contributed by atoms with Crippen LogP contribution in [0.3, 0.4) is 0 Å². The average molecular weight is 272 g/mol. The summed E-state index contributed by atoms with van der Waals surface area (Å²) >= 11 is 11.8. The predicted octanol–water partition coefficient (Wildman–Crippen LogP) is 3.23. The fraction of sp³-hybridized carbons (Fsp3) is 0.462. The zero-order chi connectivity index (χ0) is 12.5. The molecule has 1 unspecified atom stereocenters. The molecule has 0 aliphatic heterocycles. The lowest BCUT2D eigenvalue weighted by atomic mass is 10.2. The van der Waals surface area contributed by atoms with Gasteiger partial charge >= 0.3 is 0 Å². The summed E-state index contributed by atoms with van der Waals surface area (Å²) in [4.78, 5) is 13.9. The highest BCUT2D eigenvalue weighted by molar-refractivity contribution is 6.52. The third kappa shape index (κ3) is 2.93. The Balaban J connectivity index is 2.00. The van der Waals surface area contributed by atoms with Crippen molar-refractivity contribution >= 4 is 29.1 Å². The van der Waals surface area contributed by atoms with Crippen molar-refractivity contribution in [2.75, 3.05) is 6.54 Å². The minimum absolute atomic E-state index is 0.0568. The van der Waals surface area contributed by atoms with Crippen molar-refractivity contribution in [3.05, 3.63) is 35.9 Å². The van der Waals surface area contributed by atoms with Crippen LogP contribution in [0, 0.1) is 5.92 Å². The van der Waals surface area contributed by atoms with Crippen molar-refractivity contribution in [1.82, 2.24) is 4.90 Å². The Kier molecular flexibility index (Phi) is 3.64. The third-order valence-corrected chi connectivity index (χ3v) is 3.87. The van der Waals surface area contributed by atoms with Crippen LogP contribution in [0.4, 0.5) is 0 Å². The summed E-state index contributed by atoms with van der Waals surface area (Å²) in [5, 5.41) is 0. The van der Waals surface area contributed by atoms with Gasteiger partial charge in [-0.25, -0.2) is 0 Å². The summed E-state index contributed by atoms with van der Waals surface area (Å²) in [5.74, 6) is -0.171. The molecular formula is C13H15Cl2NO. The molecule has 1 saturated carbocycles. The molecule has 1 aromatic carbocycles. The van der Waals surface area contributed by atoms with Crippen LogP contribution in [0.5, 0.6) is 0 Å². The third-order valence-electron chi connectivity index (χ3n) is 3.03. The highest BCUT2D eigenvalue weighted by Crippen LogP contribution is 2.53. The molecule has 0 heterocycles. The van der Waals surface area contributed by atoms with E-state index in [2.05, 4.69) is 0 Å². The molecule has 17 heavy (non-hydrogen) atoms. The Bertz CT molecular complexity index is 405. The van der Waals surface area contributed by atoms with Crippen LogP contribution in [0.15, 0.2) is 30.3 Å². The van der Waals surface area contributed by atoms with Gasteiger partial charge in [0.2, 0.25) is 5.91 Å². The Morgan fingerprint density at radius 2 is 2.00 bits per heavy atom. The van der Waals surface area contributed by atoms with E-state index in [-0.39, 0.29) is 11.8 Å². The fourth-order valence-corrected chi connectivity index (χ4v) is 2.35. The minimum Gasteiger partial charge on any atom is -0.338 e. The first-order valence-corrected chi connectivity index (χ1v) is 6.50. The molecule has 2 nitrogen and oxygen atoms in total. The fourth-order valence-electron chi connectivity index (χ4n) is 1.85. The van der Waals surface area contributed by atoms with Gasteiger partial charge in [-0.2, -0.15) is 0 Å². The van der Waals surface area contributed by atoms with Crippen molar-refractivity contribution < 1.29 is 4.79 Å². The molecule has 0 bridgehead atoms. The van der Waals surface area contributed by atoms with Crippen LogP contribution < -0.4 is 0 Å². The largest absolute Gasteiger partial charge is 0.338 e. The van der Waals surface area contributed by atoms with Crippen LogP contribution in [-0.4, -0.2) is 21.7 Å². The van der Waals surface area contributed by atoms with Crippen molar-refractivity contribution in [2.45, 2.75) is 24.2 Å². The predicted molar refractivity (Wildman–Crippen MR) is 70.1 cm³/mol. The van der Waals surface area contributed by atoms with Crippen LogP contribution in [0.1, 0.15) is 18.9 Å². The molecule has 0 saturated heterocycles. The number of carbonyl (C=O) groups is 1. The zero-order valence-electron chi connectivity index (χ0n) is 9.70. The van der Waals surface area contributed by atoms with Crippen LogP contribution in [-0.2, 0) is 11.3 Å². The molecule has 1 amide bonds. The summed E-state index contributed by atoms with van der Waals surface area (Å²) in [6.07, 6.45) is 0.570. The van der Waals surface area contributed by atoms with Crippen molar-refractivity contribution in [2.24, 2.45) is 5.92 Å². The number of rotatable bonds is 4. The van der Waals surface area contributed by atoms with Gasteiger partial charge in [-0.3, -0.25) is 4.79 Å². The minimum atomic E-state index is -0.832. The number of hydrogen-bond acceptors (Lipinski definition) is 1. The van der Waals surface area contributed by atoms with E-state index >= 15 is 0 Å². The van der Waals surface area contributed by atoms with E-state index in [0.29, 0.717) is 19.5 Å². The molecule has 1 aromatic rings. The van der Waals surface area contributed by atoms with E-state index in [4.69, 9.17) is 23.2 Å². The Morgan fingerprint density at radius 1 is 1.41 bits per heavy atom. The van der Waals surface area contributed by atoms with E-state index in [9.17, 15) is 4.79 Å². The first kappa shape index (κ1) is 12.7. The lowest BCUT2D eigenvalue weighted by molar-refractivity contribution is -0.133. The molecule has 2 rings (SSSR count). The average Bonchev–Trinajstić information content (AvgIpc) is 2.96. The topological polar surface area (TPSA) is 20.3 Å².